The molecule has 152 valence electrons. The van der Waals surface area contributed by atoms with Crippen molar-refractivity contribution in [2.75, 3.05) is 0 Å². The summed E-state index contributed by atoms with van der Waals surface area (Å²) in [6.45, 7) is 5.11. The Kier molecular flexibility index (Phi) is 6.83. The summed E-state index contributed by atoms with van der Waals surface area (Å²) in [5, 5.41) is 0. The fourth-order valence-corrected chi connectivity index (χ4v) is 3.51. The van der Waals surface area contributed by atoms with Gasteiger partial charge < -0.3 is 15.6 Å². The minimum Gasteiger partial charge on any atom is -0.348 e. The van der Waals surface area contributed by atoms with Gasteiger partial charge in [0.05, 0.1) is 11.9 Å². The molecule has 3 aromatic rings. The summed E-state index contributed by atoms with van der Waals surface area (Å²) in [6.07, 6.45) is 4.69. The molecule has 0 spiro atoms. The molecule has 0 radical (unpaired) electrons. The molecular formula is C24H30N4O. The monoisotopic (exact) mass is 390 g/mol. The maximum atomic E-state index is 13.7. The van der Waals surface area contributed by atoms with Crippen LogP contribution in [-0.4, -0.2) is 26.3 Å². The van der Waals surface area contributed by atoms with Gasteiger partial charge in [0.1, 0.15) is 0 Å². The summed E-state index contributed by atoms with van der Waals surface area (Å²) < 4.78 is 0. The van der Waals surface area contributed by atoms with Gasteiger partial charge in [0, 0.05) is 25.0 Å². The zero-order chi connectivity index (χ0) is 20.7. The molecule has 2 aromatic carbocycles. The zero-order valence-corrected chi connectivity index (χ0v) is 17.2. The highest BCUT2D eigenvalue weighted by atomic mass is 16.2. The maximum Gasteiger partial charge on any atom is 0.243 e. The van der Waals surface area contributed by atoms with Crippen molar-refractivity contribution in [3.63, 3.8) is 0 Å². The van der Waals surface area contributed by atoms with Gasteiger partial charge in [-0.1, -0.05) is 74.5 Å². The minimum atomic E-state index is -0.950. The van der Waals surface area contributed by atoms with E-state index in [0.29, 0.717) is 25.9 Å². The van der Waals surface area contributed by atoms with Crippen molar-refractivity contribution in [3.8, 4) is 0 Å². The number of nitrogens with two attached hydrogens (primary N) is 1. The molecule has 0 saturated heterocycles. The van der Waals surface area contributed by atoms with Crippen molar-refractivity contribution < 1.29 is 4.79 Å². The lowest BCUT2D eigenvalue weighted by molar-refractivity contribution is -0.140. The number of aryl methyl sites for hydroxylation is 1. The molecule has 1 unspecified atom stereocenters. The Bertz CT molecular complexity index is 836. The summed E-state index contributed by atoms with van der Waals surface area (Å²) in [4.78, 5) is 22.8. The lowest BCUT2D eigenvalue weighted by atomic mass is 9.81. The van der Waals surface area contributed by atoms with Crippen molar-refractivity contribution in [1.29, 1.82) is 0 Å². The highest BCUT2D eigenvalue weighted by molar-refractivity contribution is 5.86. The molecule has 3 N–H and O–H groups in total. The molecule has 5 heteroatoms. The number of aromatic nitrogens is 2. The maximum absolute atomic E-state index is 13.7. The molecule has 3 rings (SSSR count). The Morgan fingerprint density at radius 1 is 1.03 bits per heavy atom. The lowest BCUT2D eigenvalue weighted by Gasteiger charge is -2.37. The number of aromatic amines is 1. The largest absolute Gasteiger partial charge is 0.348 e. The average Bonchev–Trinajstić information content (AvgIpc) is 3.26. The molecule has 1 atom stereocenters. The van der Waals surface area contributed by atoms with Crippen molar-refractivity contribution in [2.45, 2.75) is 45.3 Å². The topological polar surface area (TPSA) is 75.0 Å². The van der Waals surface area contributed by atoms with Gasteiger partial charge in [-0.3, -0.25) is 4.79 Å². The fourth-order valence-electron chi connectivity index (χ4n) is 3.51. The van der Waals surface area contributed by atoms with Crippen LogP contribution in [0.25, 0.3) is 0 Å². The van der Waals surface area contributed by atoms with E-state index in [1.807, 2.05) is 79.4 Å². The number of nitrogens with one attached hydrogen (secondary N) is 1. The second kappa shape index (κ2) is 9.52. The SMILES string of the molecule is CC(C)C(N)(CCc1cnc[nH]1)C(=O)N(Cc1ccccc1)Cc1ccccc1. The Morgan fingerprint density at radius 2 is 1.59 bits per heavy atom. The summed E-state index contributed by atoms with van der Waals surface area (Å²) in [5.74, 6) is -0.00769. The number of carbonyl (C=O) groups excluding carboxylic acids is 1. The number of nitrogens with zero attached hydrogens (tertiary/aromatic N) is 2. The van der Waals surface area contributed by atoms with E-state index in [-0.39, 0.29) is 11.8 Å². The van der Waals surface area contributed by atoms with Gasteiger partial charge in [-0.15, -0.1) is 0 Å². The van der Waals surface area contributed by atoms with Gasteiger partial charge in [-0.25, -0.2) is 4.98 Å². The third-order valence-electron chi connectivity index (χ3n) is 5.51. The number of rotatable bonds is 9. The van der Waals surface area contributed by atoms with Crippen molar-refractivity contribution in [2.24, 2.45) is 11.7 Å². The Labute approximate surface area is 173 Å². The standard InChI is InChI=1S/C24H30N4O/c1-19(2)24(25,14-13-22-15-26-18-27-22)23(29)28(16-20-9-5-3-6-10-20)17-21-11-7-4-8-12-21/h3-12,15,18-19H,13-14,16-17,25H2,1-2H3,(H,26,27). The van der Waals surface area contributed by atoms with E-state index in [1.165, 1.54) is 0 Å². The van der Waals surface area contributed by atoms with Crippen LogP contribution in [0.5, 0.6) is 0 Å². The summed E-state index contributed by atoms with van der Waals surface area (Å²) in [7, 11) is 0. The average molecular weight is 391 g/mol. The van der Waals surface area contributed by atoms with Gasteiger partial charge in [0.25, 0.3) is 0 Å². The third kappa shape index (κ3) is 5.33. The smallest absolute Gasteiger partial charge is 0.243 e. The Hall–Kier alpha value is -2.92. The van der Waals surface area contributed by atoms with Crippen LogP contribution < -0.4 is 5.73 Å². The molecule has 0 fully saturated rings. The quantitative estimate of drug-likeness (QED) is 0.581. The Morgan fingerprint density at radius 3 is 2.03 bits per heavy atom. The number of hydrogen-bond acceptors (Lipinski definition) is 3. The van der Waals surface area contributed by atoms with Crippen molar-refractivity contribution >= 4 is 5.91 Å². The zero-order valence-electron chi connectivity index (χ0n) is 17.2. The summed E-state index contributed by atoms with van der Waals surface area (Å²) in [5.41, 5.74) is 9.01. The van der Waals surface area contributed by atoms with E-state index in [0.717, 1.165) is 16.8 Å². The van der Waals surface area contributed by atoms with Crippen molar-refractivity contribution in [1.82, 2.24) is 14.9 Å². The number of amides is 1. The molecule has 0 saturated carbocycles. The first-order valence-corrected chi connectivity index (χ1v) is 10.1. The van der Waals surface area contributed by atoms with Crippen LogP contribution in [-0.2, 0) is 24.3 Å². The highest BCUT2D eigenvalue weighted by Crippen LogP contribution is 2.25. The molecule has 1 heterocycles. The van der Waals surface area contributed by atoms with Crippen LogP contribution >= 0.6 is 0 Å². The third-order valence-corrected chi connectivity index (χ3v) is 5.51. The number of hydrogen-bond donors (Lipinski definition) is 2. The Balaban J connectivity index is 1.85. The fraction of sp³-hybridized carbons (Fsp3) is 0.333. The predicted octanol–water partition coefficient (Wildman–Crippen LogP) is 3.92. The molecule has 0 bridgehead atoms. The first-order chi connectivity index (χ1) is 14.0. The van der Waals surface area contributed by atoms with E-state index in [4.69, 9.17) is 5.73 Å². The van der Waals surface area contributed by atoms with E-state index < -0.39 is 5.54 Å². The molecule has 0 aliphatic heterocycles. The van der Waals surface area contributed by atoms with Crippen molar-refractivity contribution in [3.05, 3.63) is 90.0 Å². The molecule has 1 amide bonds. The van der Waals surface area contributed by atoms with Crippen LogP contribution in [0.15, 0.2) is 73.2 Å². The molecule has 29 heavy (non-hydrogen) atoms. The van der Waals surface area contributed by atoms with Gasteiger partial charge in [0.2, 0.25) is 5.91 Å². The van der Waals surface area contributed by atoms with Gasteiger partial charge in [-0.05, 0) is 29.9 Å². The van der Waals surface area contributed by atoms with E-state index in [2.05, 4.69) is 9.97 Å². The van der Waals surface area contributed by atoms with Gasteiger partial charge in [0.15, 0.2) is 0 Å². The normalized spacial score (nSPS) is 13.2. The number of H-pyrrole nitrogens is 1. The number of carbonyl (C=O) groups is 1. The lowest BCUT2D eigenvalue weighted by Crippen LogP contribution is -2.58. The van der Waals surface area contributed by atoms with E-state index in [9.17, 15) is 4.79 Å². The number of imidazole rings is 1. The molecule has 0 aliphatic carbocycles. The first-order valence-electron chi connectivity index (χ1n) is 10.1. The highest BCUT2D eigenvalue weighted by Gasteiger charge is 2.40. The predicted molar refractivity (Wildman–Crippen MR) is 116 cm³/mol. The van der Waals surface area contributed by atoms with Gasteiger partial charge >= 0.3 is 0 Å². The van der Waals surface area contributed by atoms with Crippen LogP contribution in [0.2, 0.25) is 0 Å². The molecule has 5 nitrogen and oxygen atoms in total. The second-order valence-electron chi connectivity index (χ2n) is 7.90. The summed E-state index contributed by atoms with van der Waals surface area (Å²) >= 11 is 0. The molecular weight excluding hydrogens is 360 g/mol. The van der Waals surface area contributed by atoms with Crippen LogP contribution in [0, 0.1) is 5.92 Å². The second-order valence-corrected chi connectivity index (χ2v) is 7.90. The summed E-state index contributed by atoms with van der Waals surface area (Å²) in [6, 6.07) is 20.1. The van der Waals surface area contributed by atoms with E-state index in [1.54, 1.807) is 12.5 Å². The number of benzene rings is 2. The molecule has 1 aromatic heterocycles. The molecule has 0 aliphatic rings. The van der Waals surface area contributed by atoms with Gasteiger partial charge in [-0.2, -0.15) is 0 Å². The van der Waals surface area contributed by atoms with Crippen LogP contribution in [0.1, 0.15) is 37.1 Å². The van der Waals surface area contributed by atoms with Crippen LogP contribution in [0.4, 0.5) is 0 Å². The first kappa shape index (κ1) is 20.8. The van der Waals surface area contributed by atoms with E-state index >= 15 is 0 Å². The minimum absolute atomic E-state index is 0.00645. The van der Waals surface area contributed by atoms with Crippen LogP contribution in [0.3, 0.4) is 0 Å².